The van der Waals surface area contributed by atoms with Crippen LogP contribution in [-0.2, 0) is 17.9 Å². The van der Waals surface area contributed by atoms with E-state index in [-0.39, 0.29) is 0 Å². The summed E-state index contributed by atoms with van der Waals surface area (Å²) >= 11 is 0. The first-order valence-corrected chi connectivity index (χ1v) is 6.53. The summed E-state index contributed by atoms with van der Waals surface area (Å²) < 4.78 is 11.3. The smallest absolute Gasteiger partial charge is 0.123 e. The monoisotopic (exact) mass is 239 g/mol. The molecule has 98 valence electrons. The highest BCUT2D eigenvalue weighted by Crippen LogP contribution is 2.14. The Morgan fingerprint density at radius 2 is 2.12 bits per heavy atom. The van der Waals surface area contributed by atoms with Gasteiger partial charge >= 0.3 is 0 Å². The molecule has 0 fully saturated rings. The van der Waals surface area contributed by atoms with Crippen LogP contribution in [0, 0.1) is 0 Å². The van der Waals surface area contributed by atoms with Crippen LogP contribution >= 0.6 is 0 Å². The second kappa shape index (κ2) is 7.51. The summed E-state index contributed by atoms with van der Waals surface area (Å²) in [7, 11) is 0. The molecule has 1 atom stereocenters. The minimum Gasteiger partial charge on any atom is -0.468 e. The molecule has 1 N–H and O–H groups in total. The molecule has 0 spiro atoms. The van der Waals surface area contributed by atoms with Gasteiger partial charge in [0, 0.05) is 11.6 Å². The van der Waals surface area contributed by atoms with Crippen molar-refractivity contribution in [2.75, 3.05) is 0 Å². The van der Waals surface area contributed by atoms with Crippen LogP contribution in [0.4, 0.5) is 0 Å². The van der Waals surface area contributed by atoms with Gasteiger partial charge in [-0.2, -0.15) is 0 Å². The summed E-state index contributed by atoms with van der Waals surface area (Å²) in [4.78, 5) is 0. The van der Waals surface area contributed by atoms with Gasteiger partial charge in [-0.15, -0.1) is 0 Å². The van der Waals surface area contributed by atoms with Crippen molar-refractivity contribution < 1.29 is 9.15 Å². The lowest BCUT2D eigenvalue weighted by Gasteiger charge is -2.12. The molecule has 0 aliphatic carbocycles. The largest absolute Gasteiger partial charge is 0.468 e. The van der Waals surface area contributed by atoms with Crippen molar-refractivity contribution in [3.8, 4) is 0 Å². The molecule has 0 saturated carbocycles. The van der Waals surface area contributed by atoms with E-state index in [0.29, 0.717) is 18.8 Å². The van der Waals surface area contributed by atoms with Gasteiger partial charge in [0.25, 0.3) is 0 Å². The highest BCUT2D eigenvalue weighted by atomic mass is 16.5. The van der Waals surface area contributed by atoms with Gasteiger partial charge < -0.3 is 14.5 Å². The van der Waals surface area contributed by atoms with Crippen molar-refractivity contribution in [2.24, 2.45) is 0 Å². The molecule has 0 aliphatic heterocycles. The maximum atomic E-state index is 5.79. The Balaban J connectivity index is 2.40. The highest BCUT2D eigenvalue weighted by molar-refractivity contribution is 5.15. The second-order valence-electron chi connectivity index (χ2n) is 4.81. The lowest BCUT2D eigenvalue weighted by Crippen LogP contribution is -2.22. The minimum atomic E-state index is 0.320. The minimum absolute atomic E-state index is 0.320. The Hall–Kier alpha value is -0.800. The predicted octanol–water partition coefficient (Wildman–Crippen LogP) is 3.48. The molecule has 3 nitrogen and oxygen atoms in total. The molecule has 1 unspecified atom stereocenters. The van der Waals surface area contributed by atoms with E-state index in [1.807, 2.05) is 6.07 Å². The van der Waals surface area contributed by atoms with E-state index in [1.54, 1.807) is 6.26 Å². The van der Waals surface area contributed by atoms with Crippen molar-refractivity contribution in [3.63, 3.8) is 0 Å². The predicted molar refractivity (Wildman–Crippen MR) is 69.8 cm³/mol. The fraction of sp³-hybridized carbons (Fsp3) is 0.714. The number of ether oxygens (including phenoxy) is 1. The van der Waals surface area contributed by atoms with E-state index in [4.69, 9.17) is 9.15 Å². The first kappa shape index (κ1) is 14.3. The van der Waals surface area contributed by atoms with Gasteiger partial charge in [-0.05, 0) is 19.4 Å². The summed E-state index contributed by atoms with van der Waals surface area (Å²) in [5.41, 5.74) is 1.15. The van der Waals surface area contributed by atoms with E-state index in [0.717, 1.165) is 30.7 Å². The maximum absolute atomic E-state index is 5.79. The second-order valence-corrected chi connectivity index (χ2v) is 4.81. The molecule has 1 aromatic rings. The number of furan rings is 1. The third-order valence-corrected chi connectivity index (χ3v) is 2.73. The number of rotatable bonds is 8. The first-order valence-electron chi connectivity index (χ1n) is 6.53. The molecule has 1 heterocycles. The number of hydrogen-bond donors (Lipinski definition) is 1. The first-order chi connectivity index (χ1) is 8.13. The SMILES string of the molecule is CCCC(C)OCc1ccoc1CNC(C)C. The Morgan fingerprint density at radius 3 is 2.76 bits per heavy atom. The van der Waals surface area contributed by atoms with Crippen LogP contribution < -0.4 is 5.32 Å². The Bertz CT molecular complexity index is 307. The van der Waals surface area contributed by atoms with Crippen LogP contribution in [0.15, 0.2) is 16.7 Å². The average molecular weight is 239 g/mol. The summed E-state index contributed by atoms with van der Waals surface area (Å²) in [5, 5.41) is 3.35. The molecule has 0 saturated heterocycles. The van der Waals surface area contributed by atoms with Gasteiger partial charge in [-0.3, -0.25) is 0 Å². The van der Waals surface area contributed by atoms with Gasteiger partial charge in [0.1, 0.15) is 5.76 Å². The lowest BCUT2D eigenvalue weighted by molar-refractivity contribution is 0.0463. The van der Waals surface area contributed by atoms with Gasteiger partial charge in [0.2, 0.25) is 0 Å². The molecule has 0 aliphatic rings. The highest BCUT2D eigenvalue weighted by Gasteiger charge is 2.08. The quantitative estimate of drug-likeness (QED) is 0.754. The van der Waals surface area contributed by atoms with Crippen molar-refractivity contribution in [2.45, 2.75) is 65.8 Å². The van der Waals surface area contributed by atoms with Crippen LogP contribution in [0.1, 0.15) is 51.9 Å². The topological polar surface area (TPSA) is 34.4 Å². The number of hydrogen-bond acceptors (Lipinski definition) is 3. The molecule has 1 aromatic heterocycles. The Labute approximate surface area is 105 Å². The zero-order valence-electron chi connectivity index (χ0n) is 11.5. The molecule has 3 heteroatoms. The fourth-order valence-electron chi connectivity index (χ4n) is 1.67. The molecule has 0 bridgehead atoms. The van der Waals surface area contributed by atoms with Crippen LogP contribution in [0.25, 0.3) is 0 Å². The van der Waals surface area contributed by atoms with Crippen LogP contribution in [-0.4, -0.2) is 12.1 Å². The van der Waals surface area contributed by atoms with E-state index in [2.05, 4.69) is 33.0 Å². The Morgan fingerprint density at radius 1 is 1.35 bits per heavy atom. The van der Waals surface area contributed by atoms with Crippen LogP contribution in [0.3, 0.4) is 0 Å². The van der Waals surface area contributed by atoms with Gasteiger partial charge in [-0.25, -0.2) is 0 Å². The van der Waals surface area contributed by atoms with Crippen molar-refractivity contribution in [1.29, 1.82) is 0 Å². The Kier molecular flexibility index (Phi) is 6.30. The van der Waals surface area contributed by atoms with E-state index in [1.165, 1.54) is 0 Å². The van der Waals surface area contributed by atoms with E-state index < -0.39 is 0 Å². The number of nitrogens with one attached hydrogen (secondary N) is 1. The molecule has 1 rings (SSSR count). The van der Waals surface area contributed by atoms with Crippen molar-refractivity contribution >= 4 is 0 Å². The van der Waals surface area contributed by atoms with E-state index in [9.17, 15) is 0 Å². The van der Waals surface area contributed by atoms with Gasteiger partial charge in [0.15, 0.2) is 0 Å². The standard InChI is InChI=1S/C14H25NO2/c1-5-6-12(4)17-10-13-7-8-16-14(13)9-15-11(2)3/h7-8,11-12,15H,5-6,9-10H2,1-4H3. The zero-order valence-corrected chi connectivity index (χ0v) is 11.5. The zero-order chi connectivity index (χ0) is 12.7. The van der Waals surface area contributed by atoms with E-state index >= 15 is 0 Å². The summed E-state index contributed by atoms with van der Waals surface area (Å²) in [5.74, 6) is 0.988. The normalized spacial score (nSPS) is 13.2. The maximum Gasteiger partial charge on any atom is 0.123 e. The molecular weight excluding hydrogens is 214 g/mol. The van der Waals surface area contributed by atoms with Crippen LogP contribution in [0.5, 0.6) is 0 Å². The third-order valence-electron chi connectivity index (χ3n) is 2.73. The summed E-state index contributed by atoms with van der Waals surface area (Å²) in [6, 6.07) is 2.46. The third kappa shape index (κ3) is 5.37. The van der Waals surface area contributed by atoms with Crippen molar-refractivity contribution in [3.05, 3.63) is 23.7 Å². The summed E-state index contributed by atoms with van der Waals surface area (Å²) in [6.07, 6.45) is 4.33. The summed E-state index contributed by atoms with van der Waals surface area (Å²) in [6.45, 7) is 9.97. The van der Waals surface area contributed by atoms with Gasteiger partial charge in [0.05, 0.1) is 25.5 Å². The van der Waals surface area contributed by atoms with Crippen LogP contribution in [0.2, 0.25) is 0 Å². The fourth-order valence-corrected chi connectivity index (χ4v) is 1.67. The molecule has 0 amide bonds. The average Bonchev–Trinajstić information content (AvgIpc) is 2.71. The van der Waals surface area contributed by atoms with Gasteiger partial charge in [-0.1, -0.05) is 27.2 Å². The molecule has 0 aromatic carbocycles. The molecule has 0 radical (unpaired) electrons. The molecule has 17 heavy (non-hydrogen) atoms. The van der Waals surface area contributed by atoms with Crippen molar-refractivity contribution in [1.82, 2.24) is 5.32 Å². The molecular formula is C14H25NO2. The lowest BCUT2D eigenvalue weighted by atomic mass is 10.2.